The molecule has 0 fully saturated rings. The Kier molecular flexibility index (Phi) is 3.92. The smallest absolute Gasteiger partial charge is 0.173 e. The van der Waals surface area contributed by atoms with Crippen molar-refractivity contribution in [2.75, 3.05) is 0 Å². The maximum atomic E-state index is 8.13. The predicted octanol–water partition coefficient (Wildman–Crippen LogP) is 4.40. The van der Waals surface area contributed by atoms with E-state index in [9.17, 15) is 0 Å². The number of aromatic amines is 1. The molecule has 0 saturated heterocycles. The Balaban J connectivity index is 1.65. The van der Waals surface area contributed by atoms with Crippen molar-refractivity contribution in [1.29, 1.82) is 5.41 Å². The van der Waals surface area contributed by atoms with Crippen molar-refractivity contribution < 1.29 is 4.42 Å². The molecule has 7 nitrogen and oxygen atoms in total. The number of imidazole rings is 1. The lowest BCUT2D eigenvalue weighted by Crippen LogP contribution is -2.13. The molecule has 0 spiro atoms. The van der Waals surface area contributed by atoms with Crippen molar-refractivity contribution in [3.8, 4) is 11.4 Å². The van der Waals surface area contributed by atoms with E-state index in [0.717, 1.165) is 16.5 Å². The molecule has 1 aromatic carbocycles. The van der Waals surface area contributed by atoms with Gasteiger partial charge in [-0.2, -0.15) is 0 Å². The van der Waals surface area contributed by atoms with Gasteiger partial charge < -0.3 is 14.0 Å². The van der Waals surface area contributed by atoms with Gasteiger partial charge in [-0.15, -0.1) is 0 Å². The summed E-state index contributed by atoms with van der Waals surface area (Å²) < 4.78 is 7.19. The quantitative estimate of drug-likeness (QED) is 0.460. The van der Waals surface area contributed by atoms with Crippen molar-refractivity contribution in [3.05, 3.63) is 70.3 Å². The Bertz CT molecular complexity index is 1380. The molecule has 28 heavy (non-hydrogen) atoms. The number of nitrogens with one attached hydrogen (secondary N) is 2. The van der Waals surface area contributed by atoms with Crippen LogP contribution in [0.1, 0.15) is 5.56 Å². The number of nitrogens with zero attached hydrogens (tertiary/aromatic N) is 4. The topological polar surface area (TPSA) is 96.4 Å². The van der Waals surface area contributed by atoms with E-state index in [0.29, 0.717) is 39.1 Å². The van der Waals surface area contributed by atoms with Gasteiger partial charge in [-0.3, -0.25) is 10.4 Å². The number of benzene rings is 1. The van der Waals surface area contributed by atoms with Gasteiger partial charge in [-0.05, 0) is 24.3 Å². The fraction of sp³-hybridized carbons (Fsp3) is 0.0526. The van der Waals surface area contributed by atoms with Gasteiger partial charge in [-0.25, -0.2) is 9.97 Å². The van der Waals surface area contributed by atoms with Crippen LogP contribution in [0, 0.1) is 5.41 Å². The van der Waals surface area contributed by atoms with Crippen LogP contribution in [-0.4, -0.2) is 24.5 Å². The van der Waals surface area contributed by atoms with Gasteiger partial charge in [0.15, 0.2) is 11.1 Å². The van der Waals surface area contributed by atoms with E-state index < -0.39 is 0 Å². The third kappa shape index (κ3) is 2.76. The lowest BCUT2D eigenvalue weighted by molar-refractivity contribution is 0.616. The standard InChI is InChI=1S/C19H12Cl2N6O/c20-13-6-23-7-14(21)12(13)8-27-9-24-17(22)16-19(27)26-18(25-16)11-1-2-15-10(5-11)3-4-28-15/h1-7,9,22H,8H2,(H,25,26). The van der Waals surface area contributed by atoms with Gasteiger partial charge in [0.05, 0.1) is 29.2 Å². The van der Waals surface area contributed by atoms with Crippen LogP contribution in [0.5, 0.6) is 0 Å². The highest BCUT2D eigenvalue weighted by atomic mass is 35.5. The first-order valence-electron chi connectivity index (χ1n) is 8.35. The molecule has 0 aliphatic rings. The highest BCUT2D eigenvalue weighted by Gasteiger charge is 2.14. The lowest BCUT2D eigenvalue weighted by Gasteiger charge is -2.09. The van der Waals surface area contributed by atoms with Crippen molar-refractivity contribution in [2.24, 2.45) is 0 Å². The molecule has 0 atom stereocenters. The second-order valence-electron chi connectivity index (χ2n) is 6.26. The summed E-state index contributed by atoms with van der Waals surface area (Å²) in [5, 5.41) is 10.0. The second kappa shape index (κ2) is 6.47. The van der Waals surface area contributed by atoms with Crippen LogP contribution in [0.15, 0.2) is 53.7 Å². The molecular weight excluding hydrogens is 399 g/mol. The normalized spacial score (nSPS) is 11.5. The molecule has 4 aromatic heterocycles. The Labute approximate surface area is 168 Å². The molecule has 0 radical (unpaired) electrons. The summed E-state index contributed by atoms with van der Waals surface area (Å²) in [7, 11) is 0. The molecule has 4 heterocycles. The van der Waals surface area contributed by atoms with Gasteiger partial charge in [0.1, 0.15) is 16.9 Å². The fourth-order valence-corrected chi connectivity index (χ4v) is 3.59. The number of rotatable bonds is 3. The maximum Gasteiger partial charge on any atom is 0.173 e. The van der Waals surface area contributed by atoms with E-state index in [1.165, 1.54) is 0 Å². The summed E-state index contributed by atoms with van der Waals surface area (Å²) in [4.78, 5) is 16.0. The van der Waals surface area contributed by atoms with Crippen molar-refractivity contribution >= 4 is 45.3 Å². The summed E-state index contributed by atoms with van der Waals surface area (Å²) >= 11 is 12.5. The van der Waals surface area contributed by atoms with Crippen LogP contribution in [0.2, 0.25) is 10.0 Å². The van der Waals surface area contributed by atoms with Crippen LogP contribution in [0.4, 0.5) is 0 Å². The minimum Gasteiger partial charge on any atom is -0.464 e. The largest absolute Gasteiger partial charge is 0.464 e. The molecule has 0 aliphatic carbocycles. The van der Waals surface area contributed by atoms with E-state index in [1.807, 2.05) is 24.3 Å². The van der Waals surface area contributed by atoms with Gasteiger partial charge in [0, 0.05) is 28.9 Å². The number of aromatic nitrogens is 5. The zero-order chi connectivity index (χ0) is 19.3. The minimum absolute atomic E-state index is 0.112. The second-order valence-corrected chi connectivity index (χ2v) is 7.07. The molecule has 0 bridgehead atoms. The first-order valence-corrected chi connectivity index (χ1v) is 9.11. The van der Waals surface area contributed by atoms with Crippen molar-refractivity contribution in [1.82, 2.24) is 24.5 Å². The van der Waals surface area contributed by atoms with E-state index >= 15 is 0 Å². The summed E-state index contributed by atoms with van der Waals surface area (Å²) in [5.41, 5.74) is 3.64. The summed E-state index contributed by atoms with van der Waals surface area (Å²) in [6, 6.07) is 7.69. The van der Waals surface area contributed by atoms with Crippen LogP contribution < -0.4 is 5.49 Å². The Morgan fingerprint density at radius 1 is 1.14 bits per heavy atom. The fourth-order valence-electron chi connectivity index (χ4n) is 3.11. The summed E-state index contributed by atoms with van der Waals surface area (Å²) in [6.45, 7) is 0.356. The van der Waals surface area contributed by atoms with Crippen LogP contribution >= 0.6 is 23.2 Å². The number of halogens is 2. The number of hydrogen-bond donors (Lipinski definition) is 2. The predicted molar refractivity (Wildman–Crippen MR) is 106 cm³/mol. The zero-order valence-electron chi connectivity index (χ0n) is 14.3. The first kappa shape index (κ1) is 17.0. The monoisotopic (exact) mass is 410 g/mol. The SMILES string of the molecule is N=c1ncn(Cc2c(Cl)cncc2Cl)c2nc(-c3ccc4occc4c3)[nH]c12. The highest BCUT2D eigenvalue weighted by Crippen LogP contribution is 2.26. The zero-order valence-corrected chi connectivity index (χ0v) is 15.8. The molecule has 2 N–H and O–H groups in total. The van der Waals surface area contributed by atoms with E-state index in [2.05, 4.69) is 15.0 Å². The van der Waals surface area contributed by atoms with Crippen molar-refractivity contribution in [2.45, 2.75) is 6.54 Å². The van der Waals surface area contributed by atoms with E-state index in [-0.39, 0.29) is 5.49 Å². The number of furan rings is 1. The lowest BCUT2D eigenvalue weighted by atomic mass is 10.1. The third-order valence-electron chi connectivity index (χ3n) is 4.53. The summed E-state index contributed by atoms with van der Waals surface area (Å²) in [6.07, 6.45) is 6.29. The highest BCUT2D eigenvalue weighted by molar-refractivity contribution is 6.35. The molecule has 5 aromatic rings. The number of hydrogen-bond acceptors (Lipinski definition) is 5. The molecule has 0 unspecified atom stereocenters. The Morgan fingerprint density at radius 3 is 2.79 bits per heavy atom. The van der Waals surface area contributed by atoms with Gasteiger partial charge in [0.2, 0.25) is 0 Å². The molecule has 9 heteroatoms. The number of pyridine rings is 1. The molecule has 138 valence electrons. The average Bonchev–Trinajstić information content (AvgIpc) is 3.33. The van der Waals surface area contributed by atoms with Crippen LogP contribution in [0.25, 0.3) is 33.5 Å². The van der Waals surface area contributed by atoms with Gasteiger partial charge >= 0.3 is 0 Å². The maximum absolute atomic E-state index is 8.13. The molecule has 5 rings (SSSR count). The third-order valence-corrected chi connectivity index (χ3v) is 5.18. The Hall–Kier alpha value is -3.16. The van der Waals surface area contributed by atoms with E-state index in [1.54, 1.807) is 29.6 Å². The molecule has 0 saturated carbocycles. The van der Waals surface area contributed by atoms with E-state index in [4.69, 9.17) is 38.0 Å². The number of fused-ring (bicyclic) bond motifs is 2. The average molecular weight is 411 g/mol. The first-order chi connectivity index (χ1) is 13.6. The van der Waals surface area contributed by atoms with Crippen LogP contribution in [-0.2, 0) is 6.54 Å². The summed E-state index contributed by atoms with van der Waals surface area (Å²) in [5.74, 6) is 0.639. The van der Waals surface area contributed by atoms with Crippen LogP contribution in [0.3, 0.4) is 0 Å². The molecule has 0 amide bonds. The molecule has 0 aliphatic heterocycles. The van der Waals surface area contributed by atoms with Crippen molar-refractivity contribution in [3.63, 3.8) is 0 Å². The minimum atomic E-state index is 0.112. The molecular formula is C19H12Cl2N6O. The Morgan fingerprint density at radius 2 is 1.96 bits per heavy atom. The van der Waals surface area contributed by atoms with Gasteiger partial charge in [0.25, 0.3) is 0 Å². The van der Waals surface area contributed by atoms with Gasteiger partial charge in [-0.1, -0.05) is 23.2 Å². The number of H-pyrrole nitrogens is 1.